The molecule has 3 aliphatic rings. The Morgan fingerprint density at radius 2 is 1.51 bits per heavy atom. The molecule has 0 spiro atoms. The van der Waals surface area contributed by atoms with E-state index in [2.05, 4.69) is 101 Å². The number of hydrogen-bond donors (Lipinski definition) is 0. The van der Waals surface area contributed by atoms with Crippen LogP contribution in [0.5, 0.6) is 0 Å². The summed E-state index contributed by atoms with van der Waals surface area (Å²) >= 11 is 0. The Hall–Kier alpha value is 0.0938. The highest BCUT2D eigenvalue weighted by Crippen LogP contribution is 2.60. The van der Waals surface area contributed by atoms with E-state index in [0.717, 1.165) is 24.2 Å². The Morgan fingerprint density at radius 1 is 0.914 bits per heavy atom. The highest BCUT2D eigenvalue weighted by Gasteiger charge is 2.55. The number of fused-ring (bicyclic) bond motifs is 1. The zero-order valence-electron chi connectivity index (χ0n) is 25.8. The number of rotatable bonds is 7. The van der Waals surface area contributed by atoms with Crippen molar-refractivity contribution < 1.29 is 8.85 Å². The van der Waals surface area contributed by atoms with E-state index >= 15 is 0 Å². The summed E-state index contributed by atoms with van der Waals surface area (Å²) in [5.41, 5.74) is 0.371. The van der Waals surface area contributed by atoms with E-state index in [4.69, 9.17) is 8.85 Å². The summed E-state index contributed by atoms with van der Waals surface area (Å²) in [4.78, 5) is 0. The molecule has 0 aromatic heterocycles. The van der Waals surface area contributed by atoms with Crippen LogP contribution >= 0.6 is 0 Å². The van der Waals surface area contributed by atoms with Gasteiger partial charge in [-0.15, -0.1) is 0 Å². The second-order valence-electron chi connectivity index (χ2n) is 16.3. The van der Waals surface area contributed by atoms with E-state index in [9.17, 15) is 0 Å². The Labute approximate surface area is 221 Å². The SMILES string of the molecule is C[C@H](C[C@H]1C=C[C@@](C)(O[Si](C)(C)C(C)(C)C)C1)[C@H]1CCC2C(O[Si](C)(C)C(C)(C)C)CCC[C@]21C. The first-order chi connectivity index (χ1) is 15.7. The first kappa shape index (κ1) is 29.6. The molecule has 0 N–H and O–H groups in total. The van der Waals surface area contributed by atoms with Crippen molar-refractivity contribution >= 4 is 16.6 Å². The molecule has 2 unspecified atom stereocenters. The van der Waals surface area contributed by atoms with Gasteiger partial charge in [-0.25, -0.2) is 0 Å². The highest BCUT2D eigenvalue weighted by molar-refractivity contribution is 6.74. The molecule has 3 rings (SSSR count). The summed E-state index contributed by atoms with van der Waals surface area (Å²) < 4.78 is 14.0. The third kappa shape index (κ3) is 6.06. The Balaban J connectivity index is 1.64. The van der Waals surface area contributed by atoms with Crippen molar-refractivity contribution in [1.29, 1.82) is 0 Å². The summed E-state index contributed by atoms with van der Waals surface area (Å²) in [7, 11) is -3.51. The van der Waals surface area contributed by atoms with Crippen molar-refractivity contribution in [3.8, 4) is 0 Å². The van der Waals surface area contributed by atoms with Crippen LogP contribution in [0.3, 0.4) is 0 Å². The molecule has 3 aliphatic carbocycles. The van der Waals surface area contributed by atoms with Crippen LogP contribution in [0.4, 0.5) is 0 Å². The van der Waals surface area contributed by atoms with Gasteiger partial charge < -0.3 is 8.85 Å². The van der Waals surface area contributed by atoms with Gasteiger partial charge in [0.15, 0.2) is 16.6 Å². The monoisotopic (exact) mass is 520 g/mol. The second kappa shape index (κ2) is 9.68. The highest BCUT2D eigenvalue weighted by atomic mass is 28.4. The predicted octanol–water partition coefficient (Wildman–Crippen LogP) is 9.98. The lowest BCUT2D eigenvalue weighted by atomic mass is 9.61. The van der Waals surface area contributed by atoms with E-state index in [1.807, 2.05) is 0 Å². The summed E-state index contributed by atoms with van der Waals surface area (Å²) in [6, 6.07) is 0. The predicted molar refractivity (Wildman–Crippen MR) is 158 cm³/mol. The lowest BCUT2D eigenvalue weighted by Gasteiger charge is -2.50. The number of hydrogen-bond acceptors (Lipinski definition) is 2. The summed E-state index contributed by atoms with van der Waals surface area (Å²) in [6.45, 7) is 31.4. The fourth-order valence-corrected chi connectivity index (χ4v) is 10.4. The van der Waals surface area contributed by atoms with E-state index in [1.165, 1.54) is 38.5 Å². The molecule has 7 atom stereocenters. The van der Waals surface area contributed by atoms with Crippen molar-refractivity contribution in [2.75, 3.05) is 0 Å². The molecule has 0 aliphatic heterocycles. The van der Waals surface area contributed by atoms with E-state index in [-0.39, 0.29) is 10.6 Å². The molecule has 2 saturated carbocycles. The minimum atomic E-state index is -1.78. The molecule has 0 bridgehead atoms. The van der Waals surface area contributed by atoms with Gasteiger partial charge >= 0.3 is 0 Å². The minimum Gasteiger partial charge on any atom is -0.414 e. The Bertz CT molecular complexity index is 774. The zero-order valence-corrected chi connectivity index (χ0v) is 27.8. The van der Waals surface area contributed by atoms with Crippen LogP contribution in [-0.2, 0) is 8.85 Å². The van der Waals surface area contributed by atoms with Gasteiger partial charge in [0.2, 0.25) is 0 Å². The topological polar surface area (TPSA) is 18.5 Å². The van der Waals surface area contributed by atoms with Crippen LogP contribution in [0.25, 0.3) is 0 Å². The summed E-state index contributed by atoms with van der Waals surface area (Å²) in [5, 5.41) is 0.548. The van der Waals surface area contributed by atoms with Crippen LogP contribution < -0.4 is 0 Å². The van der Waals surface area contributed by atoms with Gasteiger partial charge in [0.1, 0.15) is 0 Å². The minimum absolute atomic E-state index is 0.0809. The van der Waals surface area contributed by atoms with E-state index < -0.39 is 16.6 Å². The van der Waals surface area contributed by atoms with E-state index in [0.29, 0.717) is 22.5 Å². The molecule has 35 heavy (non-hydrogen) atoms. The molecule has 0 heterocycles. The summed E-state index contributed by atoms with van der Waals surface area (Å²) in [5.74, 6) is 3.01. The average molecular weight is 521 g/mol. The second-order valence-corrected chi connectivity index (χ2v) is 25.8. The maximum Gasteiger partial charge on any atom is 0.193 e. The zero-order chi connectivity index (χ0) is 26.7. The van der Waals surface area contributed by atoms with Gasteiger partial charge in [-0.3, -0.25) is 0 Å². The normalized spacial score (nSPS) is 37.5. The van der Waals surface area contributed by atoms with E-state index in [1.54, 1.807) is 0 Å². The van der Waals surface area contributed by atoms with Crippen molar-refractivity contribution in [2.45, 2.75) is 155 Å². The standard InChI is InChI=1S/C31H60O2Si2/c1-23(21-24-18-20-30(8,22-24)33-35(12,13)29(5,6)7)25-16-17-26-27(15-14-19-31(25,26)9)32-34(10,11)28(2,3)4/h18,20,23-27H,14-17,19,21-22H2,1-13H3/t23-,24-,25-,26?,27?,30-,31+/m1/s1. The van der Waals surface area contributed by atoms with Crippen LogP contribution in [0.2, 0.25) is 36.3 Å². The molecule has 2 fully saturated rings. The molecule has 0 saturated heterocycles. The Kier molecular flexibility index (Phi) is 8.20. The maximum atomic E-state index is 7.10. The van der Waals surface area contributed by atoms with Crippen LogP contribution in [0.15, 0.2) is 12.2 Å². The fraction of sp³-hybridized carbons (Fsp3) is 0.935. The summed E-state index contributed by atoms with van der Waals surface area (Å²) in [6.07, 6.45) is 14.7. The first-order valence-electron chi connectivity index (χ1n) is 14.8. The van der Waals surface area contributed by atoms with Crippen molar-refractivity contribution in [2.24, 2.45) is 29.1 Å². The van der Waals surface area contributed by atoms with Crippen molar-refractivity contribution in [3.05, 3.63) is 12.2 Å². The van der Waals surface area contributed by atoms with Gasteiger partial charge in [0.25, 0.3) is 0 Å². The molecular weight excluding hydrogens is 461 g/mol. The van der Waals surface area contributed by atoms with Gasteiger partial charge in [-0.05, 0) is 111 Å². The molecule has 0 amide bonds. The fourth-order valence-electron chi connectivity index (χ4n) is 7.40. The molecule has 204 valence electrons. The van der Waals surface area contributed by atoms with Crippen molar-refractivity contribution in [3.63, 3.8) is 0 Å². The lowest BCUT2D eigenvalue weighted by Crippen LogP contribution is -2.50. The molecule has 0 aromatic carbocycles. The third-order valence-electron chi connectivity index (χ3n) is 11.4. The molecule has 0 aromatic rings. The van der Waals surface area contributed by atoms with Gasteiger partial charge in [0, 0.05) is 6.10 Å². The number of allylic oxidation sites excluding steroid dienone is 1. The molecule has 4 heteroatoms. The quantitative estimate of drug-likeness (QED) is 0.245. The van der Waals surface area contributed by atoms with Crippen LogP contribution in [-0.4, -0.2) is 28.3 Å². The van der Waals surface area contributed by atoms with Gasteiger partial charge in [-0.2, -0.15) is 0 Å². The van der Waals surface area contributed by atoms with Crippen LogP contribution in [0.1, 0.15) is 107 Å². The lowest BCUT2D eigenvalue weighted by molar-refractivity contribution is -0.0224. The smallest absolute Gasteiger partial charge is 0.193 e. The maximum absolute atomic E-state index is 7.10. The average Bonchev–Trinajstić information content (AvgIpc) is 3.19. The van der Waals surface area contributed by atoms with Gasteiger partial charge in [0.05, 0.1) is 5.60 Å². The molecule has 0 radical (unpaired) electrons. The molecular formula is C31H60O2Si2. The largest absolute Gasteiger partial charge is 0.414 e. The Morgan fingerprint density at radius 3 is 2.09 bits per heavy atom. The third-order valence-corrected chi connectivity index (χ3v) is 20.5. The van der Waals surface area contributed by atoms with Crippen molar-refractivity contribution in [1.82, 2.24) is 0 Å². The van der Waals surface area contributed by atoms with Crippen LogP contribution in [0, 0.1) is 29.1 Å². The first-order valence-corrected chi connectivity index (χ1v) is 20.6. The molecule has 2 nitrogen and oxygen atoms in total. The van der Waals surface area contributed by atoms with Gasteiger partial charge in [-0.1, -0.05) is 74.0 Å².